The fourth-order valence-corrected chi connectivity index (χ4v) is 10.4. The fourth-order valence-electron chi connectivity index (χ4n) is 10.4. The summed E-state index contributed by atoms with van der Waals surface area (Å²) in [6.45, 7) is 9.23. The molecule has 4 heteroatoms. The highest BCUT2D eigenvalue weighted by Gasteiger charge is 2.41. The second-order valence-electron chi connectivity index (χ2n) is 17.2. The Kier molecular flexibility index (Phi) is 7.52. The minimum absolute atomic E-state index is 0.136. The maximum Gasteiger partial charge on any atom is 0.415 e. The maximum absolute atomic E-state index is 12.3. The van der Waals surface area contributed by atoms with Gasteiger partial charge in [0.25, 0.3) is 0 Å². The second-order valence-corrected chi connectivity index (χ2v) is 17.2. The molecule has 0 fully saturated rings. The first-order valence-electron chi connectivity index (χ1n) is 20.4. The minimum atomic E-state index is -1.000. The van der Waals surface area contributed by atoms with Gasteiger partial charge in [-0.2, -0.15) is 0 Å². The van der Waals surface area contributed by atoms with E-state index in [1.54, 1.807) is 12.4 Å². The smallest absolute Gasteiger partial charge is 0.415 e. The van der Waals surface area contributed by atoms with E-state index >= 15 is 0 Å². The Balaban J connectivity index is 1.07. The topological polar surface area (TPSA) is 45.5 Å². The van der Waals surface area contributed by atoms with Crippen LogP contribution in [-0.2, 0) is 10.8 Å². The minimum Gasteiger partial charge on any atom is -0.464 e. The molecule has 59 heavy (non-hydrogen) atoms. The van der Waals surface area contributed by atoms with Crippen molar-refractivity contribution in [3.8, 4) is 44.5 Å². The van der Waals surface area contributed by atoms with Crippen molar-refractivity contribution in [3.63, 3.8) is 0 Å². The third-order valence-corrected chi connectivity index (χ3v) is 13.1. The highest BCUT2D eigenvalue weighted by atomic mass is 16.4. The number of aromatic nitrogens is 1. The number of benzene rings is 6. The fraction of sp³-hybridized carbons (Fsp3) is 0.109. The van der Waals surface area contributed by atoms with Crippen molar-refractivity contribution in [2.75, 3.05) is 4.90 Å². The number of carboxylic acid groups (broad SMARTS) is 1. The number of fused-ring (bicyclic) bond motifs is 8. The third-order valence-electron chi connectivity index (χ3n) is 13.1. The van der Waals surface area contributed by atoms with Gasteiger partial charge in [0.15, 0.2) is 0 Å². The summed E-state index contributed by atoms with van der Waals surface area (Å²) in [6.07, 6.45) is 7.09. The lowest BCUT2D eigenvalue weighted by molar-refractivity contribution is 0.196. The summed E-state index contributed by atoms with van der Waals surface area (Å²) in [4.78, 5) is 14.7. The summed E-state index contributed by atoms with van der Waals surface area (Å²) in [7, 11) is 0. The van der Waals surface area contributed by atoms with Crippen LogP contribution >= 0.6 is 0 Å². The molecule has 1 aliphatic heterocycles. The standard InChI is InChI=1S/C55H42N2O2/c1-54(2)48-17-11-10-16-43(48)44-27-26-41(32-49(44)54)57(39-22-18-35(19-23-39)34-12-6-5-7-13-34)40-24-20-36(21-25-40)50-45-28-29-56(53(58)59)33-47(45)52-46(50)31-38-30-37-14-8-9-15-42(37)51(38)55(52,3)4/h5-33H,1-4H3,(H,58,59). The van der Waals surface area contributed by atoms with Crippen molar-refractivity contribution in [2.24, 2.45) is 0 Å². The number of hydrogen-bond donors (Lipinski definition) is 1. The van der Waals surface area contributed by atoms with E-state index in [4.69, 9.17) is 0 Å². The lowest BCUT2D eigenvalue weighted by Gasteiger charge is -2.33. The highest BCUT2D eigenvalue weighted by Crippen LogP contribution is 2.56. The number of anilines is 3. The van der Waals surface area contributed by atoms with Crippen molar-refractivity contribution < 1.29 is 9.90 Å². The molecule has 0 aromatic heterocycles. The van der Waals surface area contributed by atoms with Crippen LogP contribution in [-0.4, -0.2) is 15.8 Å². The number of rotatable bonds is 5. The van der Waals surface area contributed by atoms with Crippen LogP contribution in [0.5, 0.6) is 0 Å². The van der Waals surface area contributed by atoms with E-state index in [1.165, 1.54) is 59.5 Å². The summed E-state index contributed by atoms with van der Waals surface area (Å²) >= 11 is 0. The van der Waals surface area contributed by atoms with Crippen LogP contribution in [0.3, 0.4) is 0 Å². The van der Waals surface area contributed by atoms with Gasteiger partial charge < -0.3 is 10.0 Å². The molecule has 11 rings (SSSR count). The third kappa shape index (κ3) is 5.19. The molecule has 0 saturated carbocycles. The van der Waals surface area contributed by atoms with E-state index in [1.807, 2.05) is 6.07 Å². The highest BCUT2D eigenvalue weighted by molar-refractivity contribution is 6.07. The first-order chi connectivity index (χ1) is 28.6. The molecule has 0 amide bonds. The van der Waals surface area contributed by atoms with Crippen LogP contribution in [0, 0.1) is 0 Å². The van der Waals surface area contributed by atoms with Gasteiger partial charge in [-0.05, 0) is 137 Å². The summed E-state index contributed by atoms with van der Waals surface area (Å²) < 4.78 is 1.28. The molecule has 0 spiro atoms. The Bertz CT molecular complexity index is 3160. The van der Waals surface area contributed by atoms with Crippen LogP contribution in [0.2, 0.25) is 0 Å². The maximum atomic E-state index is 12.3. The zero-order valence-corrected chi connectivity index (χ0v) is 33.5. The zero-order chi connectivity index (χ0) is 40.2. The Labute approximate surface area is 344 Å². The Hall–Kier alpha value is -7.17. The van der Waals surface area contributed by atoms with E-state index in [0.29, 0.717) is 0 Å². The number of nitrogens with zero attached hydrogens (tertiary/aromatic N) is 2. The van der Waals surface area contributed by atoms with Crippen molar-refractivity contribution in [1.82, 2.24) is 4.57 Å². The van der Waals surface area contributed by atoms with E-state index in [9.17, 15) is 9.90 Å². The van der Waals surface area contributed by atoms with Gasteiger partial charge in [0.1, 0.15) is 0 Å². The molecule has 1 heterocycles. The SMILES string of the molecule is CC1(C)C2=c3ccccc3=CC2=Cc2c(-c3ccc(N(c4ccc(-c5ccccc5)cc4)c4ccc5c(c4)C(C)(C)c4ccccc4-5)cc3)c3ccn(C(=O)O)cc-3c21. The molecule has 0 atom stereocenters. The molecule has 1 N–H and O–H groups in total. The predicted octanol–water partition coefficient (Wildman–Crippen LogP) is 12.5. The summed E-state index contributed by atoms with van der Waals surface area (Å²) in [5.41, 5.74) is 19.4. The Morgan fingerprint density at radius 1 is 0.559 bits per heavy atom. The van der Waals surface area contributed by atoms with E-state index < -0.39 is 6.09 Å². The summed E-state index contributed by atoms with van der Waals surface area (Å²) in [5, 5.41) is 12.6. The van der Waals surface area contributed by atoms with Gasteiger partial charge in [-0.3, -0.25) is 4.57 Å². The van der Waals surface area contributed by atoms with Crippen LogP contribution in [0.15, 0.2) is 170 Å². The normalized spacial score (nSPS) is 15.1. The number of hydrogen-bond acceptors (Lipinski definition) is 2. The van der Waals surface area contributed by atoms with Crippen LogP contribution in [0.1, 0.15) is 49.9 Å². The van der Waals surface area contributed by atoms with Gasteiger partial charge in [-0.15, -0.1) is 0 Å². The molecule has 4 aliphatic carbocycles. The Morgan fingerprint density at radius 3 is 1.93 bits per heavy atom. The molecule has 0 saturated heterocycles. The average molecular weight is 763 g/mol. The number of allylic oxidation sites excluding steroid dienone is 1. The van der Waals surface area contributed by atoms with Crippen molar-refractivity contribution in [1.29, 1.82) is 0 Å². The van der Waals surface area contributed by atoms with Crippen LogP contribution in [0.25, 0.3) is 62.2 Å². The van der Waals surface area contributed by atoms with E-state index in [-0.39, 0.29) is 10.8 Å². The van der Waals surface area contributed by atoms with Crippen molar-refractivity contribution in [3.05, 3.63) is 202 Å². The number of carbonyl (C=O) groups is 1. The molecule has 0 bridgehead atoms. The second kappa shape index (κ2) is 12.7. The zero-order valence-electron chi connectivity index (χ0n) is 33.5. The summed E-state index contributed by atoms with van der Waals surface area (Å²) in [6, 6.07) is 54.6. The lowest BCUT2D eigenvalue weighted by atomic mass is 9.69. The van der Waals surface area contributed by atoms with Crippen LogP contribution in [0.4, 0.5) is 21.9 Å². The summed E-state index contributed by atoms with van der Waals surface area (Å²) in [5.74, 6) is 0. The molecule has 0 radical (unpaired) electrons. The molecule has 6 aromatic carbocycles. The largest absolute Gasteiger partial charge is 0.464 e. The molecule has 6 aromatic rings. The molecular weight excluding hydrogens is 721 g/mol. The average Bonchev–Trinajstić information content (AvgIpc) is 3.88. The van der Waals surface area contributed by atoms with Gasteiger partial charge in [-0.25, -0.2) is 4.79 Å². The van der Waals surface area contributed by atoms with Gasteiger partial charge in [-0.1, -0.05) is 137 Å². The predicted molar refractivity (Wildman–Crippen MR) is 242 cm³/mol. The van der Waals surface area contributed by atoms with Gasteiger partial charge in [0.05, 0.1) is 0 Å². The quantitative estimate of drug-likeness (QED) is 0.190. The van der Waals surface area contributed by atoms with E-state index in [2.05, 4.69) is 190 Å². The number of pyridine rings is 1. The Morgan fingerprint density at radius 2 is 1.19 bits per heavy atom. The van der Waals surface area contributed by atoms with Crippen LogP contribution < -0.4 is 15.3 Å². The molecule has 4 nitrogen and oxygen atoms in total. The van der Waals surface area contributed by atoms with Gasteiger partial charge in [0, 0.05) is 45.8 Å². The van der Waals surface area contributed by atoms with Crippen molar-refractivity contribution in [2.45, 2.75) is 38.5 Å². The molecule has 284 valence electrons. The first kappa shape index (κ1) is 35.0. The van der Waals surface area contributed by atoms with Gasteiger partial charge >= 0.3 is 6.09 Å². The first-order valence-corrected chi connectivity index (χ1v) is 20.4. The molecule has 5 aliphatic rings. The molecule has 0 unspecified atom stereocenters. The van der Waals surface area contributed by atoms with Gasteiger partial charge in [0.2, 0.25) is 0 Å². The molecular formula is C55H42N2O2. The lowest BCUT2D eigenvalue weighted by Crippen LogP contribution is -2.31. The monoisotopic (exact) mass is 762 g/mol. The van der Waals surface area contributed by atoms with E-state index in [0.717, 1.165) is 50.4 Å². The van der Waals surface area contributed by atoms with Crippen molar-refractivity contribution >= 4 is 40.9 Å².